The van der Waals surface area contributed by atoms with Gasteiger partial charge < -0.3 is 10.2 Å². The average Bonchev–Trinajstić information content (AvgIpc) is 2.59. The predicted molar refractivity (Wildman–Crippen MR) is 94.3 cm³/mol. The molecule has 2 aromatic rings. The fourth-order valence-electron chi connectivity index (χ4n) is 2.31. The molecule has 0 heterocycles. The molecular weight excluding hydrogens is 387 g/mol. The fraction of sp³-hybridized carbons (Fsp3) is 0.250. The lowest BCUT2D eigenvalue weighted by atomic mass is 10.1. The molecule has 0 aliphatic rings. The van der Waals surface area contributed by atoms with Gasteiger partial charge in [-0.15, -0.1) is 0 Å². The Kier molecular flexibility index (Phi) is 5.94. The van der Waals surface area contributed by atoms with E-state index in [1.165, 1.54) is 6.07 Å². The Balaban J connectivity index is 2.29. The predicted octanol–water partition coefficient (Wildman–Crippen LogP) is 3.41. The minimum Gasteiger partial charge on any atom is -0.375 e. The molecule has 1 N–H and O–H groups in total. The zero-order valence-electron chi connectivity index (χ0n) is 14.3. The number of benzene rings is 2. The maximum absolute atomic E-state index is 14.0. The first-order chi connectivity index (χ1) is 12.5. The van der Waals surface area contributed by atoms with Crippen molar-refractivity contribution < 1.29 is 26.5 Å². The molecule has 0 unspecified atom stereocenters. The van der Waals surface area contributed by atoms with Crippen molar-refractivity contribution in [3.8, 4) is 0 Å². The summed E-state index contributed by atoms with van der Waals surface area (Å²) in [5.41, 5.74) is 0.0929. The Hall–Kier alpha value is -2.82. The number of sulfone groups is 1. The van der Waals surface area contributed by atoms with Crippen LogP contribution in [0.3, 0.4) is 0 Å². The normalized spacial score (nSPS) is 11.5. The average molecular weight is 403 g/mol. The number of anilines is 2. The van der Waals surface area contributed by atoms with Gasteiger partial charge in [-0.2, -0.15) is 8.78 Å². The lowest BCUT2D eigenvalue weighted by Crippen LogP contribution is -2.12. The van der Waals surface area contributed by atoms with Crippen molar-refractivity contribution in [2.45, 2.75) is 17.2 Å². The number of nitro groups is 1. The second-order valence-electron chi connectivity index (χ2n) is 5.78. The van der Waals surface area contributed by atoms with Crippen LogP contribution in [0.1, 0.15) is 5.56 Å². The maximum Gasteiger partial charge on any atom is 0.341 e. The van der Waals surface area contributed by atoms with Crippen molar-refractivity contribution in [3.05, 3.63) is 57.9 Å². The molecule has 0 saturated heterocycles. The summed E-state index contributed by atoms with van der Waals surface area (Å²) in [6, 6.07) is 6.86. The Bertz CT molecular complexity index is 965. The molecule has 0 saturated carbocycles. The molecule has 7 nitrogen and oxygen atoms in total. The molecular formula is C16H16F3N3O4S. The number of hydrogen-bond acceptors (Lipinski definition) is 6. The highest BCUT2D eigenvalue weighted by Gasteiger charge is 2.29. The van der Waals surface area contributed by atoms with Crippen LogP contribution in [0.15, 0.2) is 41.3 Å². The third-order valence-corrected chi connectivity index (χ3v) is 5.09. The van der Waals surface area contributed by atoms with Gasteiger partial charge in [0.15, 0.2) is 0 Å². The Labute approximate surface area is 153 Å². The molecule has 0 aliphatic carbocycles. The van der Waals surface area contributed by atoms with Crippen LogP contribution < -0.4 is 10.2 Å². The van der Waals surface area contributed by atoms with Gasteiger partial charge in [0.2, 0.25) is 9.84 Å². The van der Waals surface area contributed by atoms with Gasteiger partial charge in [-0.25, -0.2) is 12.8 Å². The molecule has 0 aromatic heterocycles. The van der Waals surface area contributed by atoms with E-state index < -0.39 is 36.9 Å². The number of rotatable bonds is 7. The van der Waals surface area contributed by atoms with Crippen LogP contribution in [0.5, 0.6) is 0 Å². The zero-order chi connectivity index (χ0) is 20.4. The van der Waals surface area contributed by atoms with E-state index in [2.05, 4.69) is 5.32 Å². The molecule has 0 spiro atoms. The number of hydrogen-bond donors (Lipinski definition) is 1. The van der Waals surface area contributed by atoms with Crippen molar-refractivity contribution in [1.29, 1.82) is 0 Å². The molecule has 0 fully saturated rings. The van der Waals surface area contributed by atoms with E-state index in [4.69, 9.17) is 0 Å². The third-order valence-electron chi connectivity index (χ3n) is 3.71. The number of alkyl halides is 2. The minimum absolute atomic E-state index is 0.00636. The molecule has 146 valence electrons. The molecule has 2 rings (SSSR count). The van der Waals surface area contributed by atoms with Gasteiger partial charge in [-0.3, -0.25) is 10.1 Å². The Morgan fingerprint density at radius 1 is 1.19 bits per heavy atom. The summed E-state index contributed by atoms with van der Waals surface area (Å²) >= 11 is 0. The molecule has 2 aromatic carbocycles. The van der Waals surface area contributed by atoms with E-state index in [1.54, 1.807) is 31.1 Å². The molecule has 27 heavy (non-hydrogen) atoms. The summed E-state index contributed by atoms with van der Waals surface area (Å²) < 4.78 is 62.2. The summed E-state index contributed by atoms with van der Waals surface area (Å²) in [4.78, 5) is 11.0. The van der Waals surface area contributed by atoms with Crippen molar-refractivity contribution in [2.24, 2.45) is 0 Å². The molecule has 0 bridgehead atoms. The van der Waals surface area contributed by atoms with Crippen LogP contribution in [-0.4, -0.2) is 33.2 Å². The van der Waals surface area contributed by atoms with Gasteiger partial charge in [0.25, 0.3) is 5.69 Å². The highest BCUT2D eigenvalue weighted by atomic mass is 32.2. The van der Waals surface area contributed by atoms with Crippen LogP contribution >= 0.6 is 0 Å². The van der Waals surface area contributed by atoms with E-state index in [0.29, 0.717) is 17.3 Å². The van der Waals surface area contributed by atoms with E-state index in [1.807, 2.05) is 0 Å². The first-order valence-corrected chi connectivity index (χ1v) is 9.08. The van der Waals surface area contributed by atoms with Gasteiger partial charge in [0.1, 0.15) is 11.5 Å². The van der Waals surface area contributed by atoms with Crippen LogP contribution in [-0.2, 0) is 16.4 Å². The van der Waals surface area contributed by atoms with Gasteiger partial charge in [-0.05, 0) is 29.8 Å². The molecule has 11 heteroatoms. The van der Waals surface area contributed by atoms with Gasteiger partial charge in [0.05, 0.1) is 15.5 Å². The van der Waals surface area contributed by atoms with Crippen molar-refractivity contribution in [2.75, 3.05) is 24.3 Å². The number of nitrogens with one attached hydrogen (secondary N) is 1. The standard InChI is InChI=1S/C16H16F3N3O4S/c1-21(2)14-6-3-10(7-12(14)17)9-20-13-5-4-11(8-15(13)22(23)24)27(25,26)16(18)19/h3-8,16,20H,9H2,1-2H3. The maximum atomic E-state index is 14.0. The first-order valence-electron chi connectivity index (χ1n) is 7.54. The summed E-state index contributed by atoms with van der Waals surface area (Å²) in [6.45, 7) is 0.00636. The highest BCUT2D eigenvalue weighted by Crippen LogP contribution is 2.30. The Morgan fingerprint density at radius 2 is 1.85 bits per heavy atom. The lowest BCUT2D eigenvalue weighted by Gasteiger charge is -2.14. The summed E-state index contributed by atoms with van der Waals surface area (Å²) in [6.07, 6.45) is 0. The number of nitro benzene ring substituents is 1. The zero-order valence-corrected chi connectivity index (χ0v) is 15.1. The monoisotopic (exact) mass is 403 g/mol. The largest absolute Gasteiger partial charge is 0.375 e. The smallest absolute Gasteiger partial charge is 0.341 e. The SMILES string of the molecule is CN(C)c1ccc(CNc2ccc(S(=O)(=O)C(F)F)cc2[N+](=O)[O-])cc1F. The molecule has 0 radical (unpaired) electrons. The van der Waals surface area contributed by atoms with Crippen LogP contribution in [0.4, 0.5) is 30.2 Å². The van der Waals surface area contributed by atoms with Crippen molar-refractivity contribution >= 4 is 26.9 Å². The second kappa shape index (κ2) is 7.82. The van der Waals surface area contributed by atoms with Gasteiger partial charge in [-0.1, -0.05) is 6.07 Å². The number of nitrogens with zero attached hydrogens (tertiary/aromatic N) is 2. The summed E-state index contributed by atoms with van der Waals surface area (Å²) in [7, 11) is -1.60. The van der Waals surface area contributed by atoms with Crippen molar-refractivity contribution in [1.82, 2.24) is 0 Å². The number of halogens is 3. The Morgan fingerprint density at radius 3 is 2.37 bits per heavy atom. The fourth-order valence-corrected chi connectivity index (χ4v) is 3.05. The first kappa shape index (κ1) is 20.5. The van der Waals surface area contributed by atoms with Crippen LogP contribution in [0.2, 0.25) is 0 Å². The minimum atomic E-state index is -4.96. The van der Waals surface area contributed by atoms with Crippen LogP contribution in [0.25, 0.3) is 0 Å². The highest BCUT2D eigenvalue weighted by molar-refractivity contribution is 7.91. The van der Waals surface area contributed by atoms with E-state index in [-0.39, 0.29) is 12.2 Å². The van der Waals surface area contributed by atoms with E-state index in [9.17, 15) is 31.7 Å². The molecule has 0 atom stereocenters. The summed E-state index contributed by atoms with van der Waals surface area (Å²) in [5, 5.41) is 13.9. The molecule has 0 amide bonds. The topological polar surface area (TPSA) is 92.6 Å². The van der Waals surface area contributed by atoms with Gasteiger partial charge >= 0.3 is 5.76 Å². The van der Waals surface area contributed by atoms with Crippen LogP contribution in [0, 0.1) is 15.9 Å². The third kappa shape index (κ3) is 4.48. The van der Waals surface area contributed by atoms with E-state index >= 15 is 0 Å². The van der Waals surface area contributed by atoms with Gasteiger partial charge in [0, 0.05) is 26.7 Å². The molecule has 0 aliphatic heterocycles. The lowest BCUT2D eigenvalue weighted by molar-refractivity contribution is -0.384. The second-order valence-corrected chi connectivity index (χ2v) is 7.69. The van der Waals surface area contributed by atoms with E-state index in [0.717, 1.165) is 12.1 Å². The summed E-state index contributed by atoms with van der Waals surface area (Å²) in [5.74, 6) is -4.17. The van der Waals surface area contributed by atoms with Crippen molar-refractivity contribution in [3.63, 3.8) is 0 Å². The quantitative estimate of drug-likeness (QED) is 0.563.